The molecule has 0 aliphatic rings. The number of nitrogen functional groups attached to an aromatic ring is 1. The Balaban J connectivity index is 2.41. The molecule has 0 aromatic heterocycles. The first-order valence-corrected chi connectivity index (χ1v) is 6.65. The Labute approximate surface area is 114 Å². The summed E-state index contributed by atoms with van der Waals surface area (Å²) in [4.78, 5) is 11.8. The Morgan fingerprint density at radius 1 is 1.26 bits per heavy atom. The molecule has 0 amide bonds. The quantitative estimate of drug-likeness (QED) is 0.608. The molecule has 2 atom stereocenters. The average molecular weight is 265 g/mol. The van der Waals surface area contributed by atoms with Gasteiger partial charge in [0.2, 0.25) is 0 Å². The van der Waals surface area contributed by atoms with Gasteiger partial charge in [-0.3, -0.25) is 4.79 Å². The molecule has 2 N–H and O–H groups in total. The van der Waals surface area contributed by atoms with E-state index in [1.165, 1.54) is 0 Å². The molecule has 0 saturated heterocycles. The lowest BCUT2D eigenvalue weighted by Crippen LogP contribution is -2.21. The molecule has 0 aliphatic heterocycles. The van der Waals surface area contributed by atoms with Crippen LogP contribution in [0.3, 0.4) is 0 Å². The molecule has 0 saturated carbocycles. The van der Waals surface area contributed by atoms with Crippen LogP contribution in [0.4, 0.5) is 5.69 Å². The largest absolute Gasteiger partial charge is 0.460 e. The fourth-order valence-electron chi connectivity index (χ4n) is 1.78. The minimum absolute atomic E-state index is 0.118. The summed E-state index contributed by atoms with van der Waals surface area (Å²) in [5.41, 5.74) is 7.45. The molecule has 19 heavy (non-hydrogen) atoms. The lowest BCUT2D eigenvalue weighted by atomic mass is 9.98. The second-order valence-corrected chi connectivity index (χ2v) is 4.73. The highest BCUT2D eigenvalue weighted by Gasteiger charge is 2.15. The molecular formula is C15H23NO3. The molecule has 1 rings (SSSR count). The summed E-state index contributed by atoms with van der Waals surface area (Å²) in [5, 5.41) is 0. The smallest absolute Gasteiger partial charge is 0.306 e. The molecular weight excluding hydrogens is 242 g/mol. The van der Waals surface area contributed by atoms with Crippen LogP contribution in [0, 0.1) is 0 Å². The summed E-state index contributed by atoms with van der Waals surface area (Å²) in [6, 6.07) is 7.57. The molecule has 106 valence electrons. The number of ether oxygens (including phenoxy) is 2. The van der Waals surface area contributed by atoms with E-state index in [4.69, 9.17) is 15.2 Å². The maximum Gasteiger partial charge on any atom is 0.306 e. The fourth-order valence-corrected chi connectivity index (χ4v) is 1.78. The maximum atomic E-state index is 11.8. The Hall–Kier alpha value is -1.55. The number of carbonyl (C=O) groups excluding carboxylic acids is 1. The van der Waals surface area contributed by atoms with E-state index >= 15 is 0 Å². The van der Waals surface area contributed by atoms with Crippen LogP contribution in [0.1, 0.15) is 38.7 Å². The van der Waals surface area contributed by atoms with Crippen molar-refractivity contribution < 1.29 is 14.3 Å². The van der Waals surface area contributed by atoms with Crippen LogP contribution in [-0.2, 0) is 14.3 Å². The van der Waals surface area contributed by atoms with Crippen molar-refractivity contribution in [3.8, 4) is 0 Å². The average Bonchev–Trinajstić information content (AvgIpc) is 2.36. The normalized spacial score (nSPS) is 13.8. The van der Waals surface area contributed by atoms with E-state index in [0.717, 1.165) is 11.3 Å². The molecule has 4 heteroatoms. The lowest BCUT2D eigenvalue weighted by Gasteiger charge is -2.16. The van der Waals surface area contributed by atoms with Gasteiger partial charge in [0.1, 0.15) is 6.10 Å². The van der Waals surface area contributed by atoms with Crippen LogP contribution >= 0.6 is 0 Å². The Morgan fingerprint density at radius 2 is 1.89 bits per heavy atom. The predicted octanol–water partition coefficient (Wildman–Crippen LogP) is 2.73. The van der Waals surface area contributed by atoms with E-state index in [-0.39, 0.29) is 18.0 Å². The summed E-state index contributed by atoms with van der Waals surface area (Å²) >= 11 is 0. The van der Waals surface area contributed by atoms with Gasteiger partial charge in [0, 0.05) is 12.3 Å². The highest BCUT2D eigenvalue weighted by Crippen LogP contribution is 2.20. The third-order valence-corrected chi connectivity index (χ3v) is 2.87. The topological polar surface area (TPSA) is 61.5 Å². The lowest BCUT2D eigenvalue weighted by molar-refractivity contribution is -0.151. The van der Waals surface area contributed by atoms with Crippen LogP contribution in [0.25, 0.3) is 0 Å². The van der Waals surface area contributed by atoms with E-state index < -0.39 is 0 Å². The second kappa shape index (κ2) is 7.79. The third kappa shape index (κ3) is 5.75. The summed E-state index contributed by atoms with van der Waals surface area (Å²) < 4.78 is 10.5. The zero-order valence-electron chi connectivity index (χ0n) is 11.9. The van der Waals surface area contributed by atoms with Gasteiger partial charge in [-0.2, -0.15) is 0 Å². The minimum Gasteiger partial charge on any atom is -0.460 e. The first-order chi connectivity index (χ1) is 9.02. The number of esters is 1. The van der Waals surface area contributed by atoms with Crippen molar-refractivity contribution in [2.24, 2.45) is 0 Å². The molecule has 1 aromatic rings. The first kappa shape index (κ1) is 15.5. The van der Waals surface area contributed by atoms with Crippen molar-refractivity contribution in [1.29, 1.82) is 0 Å². The van der Waals surface area contributed by atoms with E-state index in [1.54, 1.807) is 0 Å². The van der Waals surface area contributed by atoms with Gasteiger partial charge < -0.3 is 15.2 Å². The zero-order chi connectivity index (χ0) is 14.3. The van der Waals surface area contributed by atoms with E-state index in [9.17, 15) is 4.79 Å². The van der Waals surface area contributed by atoms with E-state index in [2.05, 4.69) is 0 Å². The van der Waals surface area contributed by atoms with Crippen LogP contribution in [0.5, 0.6) is 0 Å². The van der Waals surface area contributed by atoms with Crippen molar-refractivity contribution in [2.45, 2.75) is 39.2 Å². The summed E-state index contributed by atoms with van der Waals surface area (Å²) in [7, 11) is 0. The number of rotatable bonds is 7. The van der Waals surface area contributed by atoms with Crippen molar-refractivity contribution in [1.82, 2.24) is 0 Å². The van der Waals surface area contributed by atoms with Crippen molar-refractivity contribution in [3.05, 3.63) is 29.8 Å². The maximum absolute atomic E-state index is 11.8. The highest BCUT2D eigenvalue weighted by atomic mass is 16.6. The van der Waals surface area contributed by atoms with Gasteiger partial charge in [-0.15, -0.1) is 0 Å². The molecule has 0 aliphatic carbocycles. The van der Waals surface area contributed by atoms with E-state index in [1.807, 2.05) is 45.0 Å². The molecule has 0 radical (unpaired) electrons. The molecule has 2 unspecified atom stereocenters. The Kier molecular flexibility index (Phi) is 6.36. The number of anilines is 1. The van der Waals surface area contributed by atoms with Gasteiger partial charge >= 0.3 is 5.97 Å². The standard InChI is InChI=1S/C15H23NO3/c1-4-18-10-12(3)19-15(17)9-11(2)13-5-7-14(16)8-6-13/h5-8,11-12H,4,9-10,16H2,1-3H3. The summed E-state index contributed by atoms with van der Waals surface area (Å²) in [6.07, 6.45) is 0.159. The zero-order valence-corrected chi connectivity index (χ0v) is 11.9. The Bertz CT molecular complexity index is 389. The molecule has 0 spiro atoms. The SMILES string of the molecule is CCOCC(C)OC(=O)CC(C)c1ccc(N)cc1. The van der Waals surface area contributed by atoms with Crippen LogP contribution in [0.2, 0.25) is 0 Å². The number of benzene rings is 1. The number of hydrogen-bond donors (Lipinski definition) is 1. The third-order valence-electron chi connectivity index (χ3n) is 2.87. The van der Waals surface area contributed by atoms with Gasteiger partial charge in [-0.25, -0.2) is 0 Å². The van der Waals surface area contributed by atoms with Crippen molar-refractivity contribution in [3.63, 3.8) is 0 Å². The number of nitrogens with two attached hydrogens (primary N) is 1. The summed E-state index contributed by atoms with van der Waals surface area (Å²) in [5.74, 6) is -0.0797. The molecule has 0 fully saturated rings. The highest BCUT2D eigenvalue weighted by molar-refractivity contribution is 5.70. The van der Waals surface area contributed by atoms with Gasteiger partial charge in [0.25, 0.3) is 0 Å². The van der Waals surface area contributed by atoms with Gasteiger partial charge in [-0.1, -0.05) is 19.1 Å². The van der Waals surface area contributed by atoms with Gasteiger partial charge in [-0.05, 0) is 37.5 Å². The second-order valence-electron chi connectivity index (χ2n) is 4.73. The van der Waals surface area contributed by atoms with Crippen molar-refractivity contribution >= 4 is 11.7 Å². The predicted molar refractivity (Wildman–Crippen MR) is 75.9 cm³/mol. The number of carbonyl (C=O) groups is 1. The number of hydrogen-bond acceptors (Lipinski definition) is 4. The molecule has 1 aromatic carbocycles. The molecule has 4 nitrogen and oxygen atoms in total. The van der Waals surface area contributed by atoms with Crippen LogP contribution in [-0.4, -0.2) is 25.3 Å². The van der Waals surface area contributed by atoms with Gasteiger partial charge in [0.05, 0.1) is 13.0 Å². The van der Waals surface area contributed by atoms with E-state index in [0.29, 0.717) is 19.6 Å². The minimum atomic E-state index is -0.203. The Morgan fingerprint density at radius 3 is 2.47 bits per heavy atom. The van der Waals surface area contributed by atoms with Crippen LogP contribution < -0.4 is 5.73 Å². The fraction of sp³-hybridized carbons (Fsp3) is 0.533. The van der Waals surface area contributed by atoms with Crippen LogP contribution in [0.15, 0.2) is 24.3 Å². The molecule has 0 bridgehead atoms. The first-order valence-electron chi connectivity index (χ1n) is 6.65. The summed E-state index contributed by atoms with van der Waals surface area (Å²) in [6.45, 7) is 6.82. The van der Waals surface area contributed by atoms with Crippen molar-refractivity contribution in [2.75, 3.05) is 18.9 Å². The monoisotopic (exact) mass is 265 g/mol. The van der Waals surface area contributed by atoms with Gasteiger partial charge in [0.15, 0.2) is 0 Å². The molecule has 0 heterocycles.